The summed E-state index contributed by atoms with van der Waals surface area (Å²) in [6.07, 6.45) is 6.01. The van der Waals surface area contributed by atoms with Crippen LogP contribution < -0.4 is 9.47 Å². The third kappa shape index (κ3) is 5.21. The molecule has 118 valence electrons. The van der Waals surface area contributed by atoms with Crippen LogP contribution >= 0.6 is 0 Å². The molecular formula is C17H27NO3. The van der Waals surface area contributed by atoms with Crippen LogP contribution in [0.2, 0.25) is 0 Å². The van der Waals surface area contributed by atoms with E-state index in [-0.39, 0.29) is 0 Å². The maximum atomic E-state index is 10.1. The monoisotopic (exact) mass is 293 g/mol. The van der Waals surface area contributed by atoms with Gasteiger partial charge in [-0.05, 0) is 32.0 Å². The third-order valence-electron chi connectivity index (χ3n) is 4.18. The number of rotatable bonds is 7. The van der Waals surface area contributed by atoms with Crippen molar-refractivity contribution in [1.82, 2.24) is 4.90 Å². The molecule has 1 aliphatic rings. The van der Waals surface area contributed by atoms with Gasteiger partial charge in [0.15, 0.2) is 0 Å². The zero-order valence-electron chi connectivity index (χ0n) is 13.1. The number of aliphatic hydroxyl groups is 1. The van der Waals surface area contributed by atoms with Crippen molar-refractivity contribution in [2.75, 3.05) is 27.3 Å². The Balaban J connectivity index is 1.74. The fraction of sp³-hybridized carbons (Fsp3) is 0.647. The average molecular weight is 293 g/mol. The van der Waals surface area contributed by atoms with Gasteiger partial charge in [0.25, 0.3) is 0 Å². The summed E-state index contributed by atoms with van der Waals surface area (Å²) in [6, 6.07) is 8.08. The van der Waals surface area contributed by atoms with Gasteiger partial charge < -0.3 is 19.5 Å². The molecule has 0 aromatic heterocycles. The van der Waals surface area contributed by atoms with Gasteiger partial charge in [0.1, 0.15) is 24.2 Å². The van der Waals surface area contributed by atoms with E-state index in [9.17, 15) is 5.11 Å². The fourth-order valence-electron chi connectivity index (χ4n) is 2.94. The maximum Gasteiger partial charge on any atom is 0.123 e. The molecule has 0 saturated heterocycles. The van der Waals surface area contributed by atoms with E-state index in [0.29, 0.717) is 19.2 Å². The number of benzene rings is 1. The summed E-state index contributed by atoms with van der Waals surface area (Å²) >= 11 is 0. The van der Waals surface area contributed by atoms with Gasteiger partial charge in [-0.2, -0.15) is 0 Å². The topological polar surface area (TPSA) is 41.9 Å². The highest BCUT2D eigenvalue weighted by atomic mass is 16.5. The minimum Gasteiger partial charge on any atom is -0.497 e. The van der Waals surface area contributed by atoms with Crippen LogP contribution in [0.25, 0.3) is 0 Å². The van der Waals surface area contributed by atoms with Crippen molar-refractivity contribution >= 4 is 0 Å². The minimum atomic E-state index is -0.469. The van der Waals surface area contributed by atoms with Crippen LogP contribution in [0.3, 0.4) is 0 Å². The van der Waals surface area contributed by atoms with Gasteiger partial charge in [-0.15, -0.1) is 0 Å². The Bertz CT molecular complexity index is 418. The van der Waals surface area contributed by atoms with Crippen LogP contribution in [0.15, 0.2) is 24.3 Å². The Hall–Kier alpha value is -1.26. The second-order valence-corrected chi connectivity index (χ2v) is 5.88. The van der Waals surface area contributed by atoms with Gasteiger partial charge in [0, 0.05) is 18.7 Å². The first kappa shape index (κ1) is 16.1. The van der Waals surface area contributed by atoms with Crippen molar-refractivity contribution in [3.8, 4) is 11.5 Å². The van der Waals surface area contributed by atoms with Crippen molar-refractivity contribution in [3.05, 3.63) is 24.3 Å². The molecule has 4 heteroatoms. The standard InChI is InChI=1S/C17H27NO3/c1-18(14-7-4-3-5-8-14)12-15(19)13-21-17-10-6-9-16(11-17)20-2/h6,9-11,14-15,19H,3-5,7-8,12-13H2,1-2H3/t15-/m0/s1. The molecule has 1 fully saturated rings. The van der Waals surface area contributed by atoms with E-state index in [2.05, 4.69) is 11.9 Å². The second-order valence-electron chi connectivity index (χ2n) is 5.88. The first-order chi connectivity index (χ1) is 10.2. The van der Waals surface area contributed by atoms with Crippen LogP contribution in [-0.4, -0.2) is 49.5 Å². The number of methoxy groups -OCH3 is 1. The van der Waals surface area contributed by atoms with Crippen molar-refractivity contribution < 1.29 is 14.6 Å². The molecule has 1 atom stereocenters. The summed E-state index contributed by atoms with van der Waals surface area (Å²) in [7, 11) is 3.73. The summed E-state index contributed by atoms with van der Waals surface area (Å²) in [5.74, 6) is 1.50. The largest absolute Gasteiger partial charge is 0.497 e. The molecular weight excluding hydrogens is 266 g/mol. The highest BCUT2D eigenvalue weighted by Crippen LogP contribution is 2.22. The summed E-state index contributed by atoms with van der Waals surface area (Å²) in [5.41, 5.74) is 0. The molecule has 0 amide bonds. The SMILES string of the molecule is COc1cccc(OC[C@@H](O)CN(C)C2CCCCC2)c1. The van der Waals surface area contributed by atoms with Crippen LogP contribution in [-0.2, 0) is 0 Å². The first-order valence-corrected chi connectivity index (χ1v) is 7.84. The predicted octanol–water partition coefficient (Wildman–Crippen LogP) is 2.70. The Labute approximate surface area is 127 Å². The van der Waals surface area contributed by atoms with Crippen molar-refractivity contribution in [1.29, 1.82) is 0 Å². The van der Waals surface area contributed by atoms with Crippen molar-refractivity contribution in [2.24, 2.45) is 0 Å². The van der Waals surface area contributed by atoms with Crippen LogP contribution in [0.5, 0.6) is 11.5 Å². The maximum absolute atomic E-state index is 10.1. The Morgan fingerprint density at radius 1 is 1.24 bits per heavy atom. The van der Waals surface area contributed by atoms with E-state index in [1.807, 2.05) is 24.3 Å². The smallest absolute Gasteiger partial charge is 0.123 e. The lowest BCUT2D eigenvalue weighted by atomic mass is 9.94. The van der Waals surface area contributed by atoms with Gasteiger partial charge >= 0.3 is 0 Å². The molecule has 0 radical (unpaired) electrons. The summed E-state index contributed by atoms with van der Waals surface area (Å²) in [5, 5.41) is 10.1. The van der Waals surface area contributed by atoms with Crippen LogP contribution in [0, 0.1) is 0 Å². The molecule has 1 aliphatic carbocycles. The number of hydrogen-bond acceptors (Lipinski definition) is 4. The van der Waals surface area contributed by atoms with E-state index in [4.69, 9.17) is 9.47 Å². The lowest BCUT2D eigenvalue weighted by molar-refractivity contribution is 0.0561. The highest BCUT2D eigenvalue weighted by molar-refractivity contribution is 5.32. The molecule has 0 bridgehead atoms. The van der Waals surface area contributed by atoms with E-state index >= 15 is 0 Å². The highest BCUT2D eigenvalue weighted by Gasteiger charge is 2.20. The molecule has 1 aromatic rings. The Kier molecular flexibility index (Phi) is 6.33. The minimum absolute atomic E-state index is 0.310. The van der Waals surface area contributed by atoms with E-state index in [0.717, 1.165) is 11.5 Å². The molecule has 1 saturated carbocycles. The molecule has 1 N–H and O–H groups in total. The quantitative estimate of drug-likeness (QED) is 0.839. The van der Waals surface area contributed by atoms with Gasteiger partial charge in [-0.3, -0.25) is 0 Å². The van der Waals surface area contributed by atoms with Crippen molar-refractivity contribution in [3.63, 3.8) is 0 Å². The lowest BCUT2D eigenvalue weighted by Gasteiger charge is -2.32. The van der Waals surface area contributed by atoms with Crippen molar-refractivity contribution in [2.45, 2.75) is 44.2 Å². The molecule has 2 rings (SSSR count). The van der Waals surface area contributed by atoms with Gasteiger partial charge in [-0.25, -0.2) is 0 Å². The average Bonchev–Trinajstić information content (AvgIpc) is 2.54. The predicted molar refractivity (Wildman–Crippen MR) is 84.0 cm³/mol. The Morgan fingerprint density at radius 3 is 2.67 bits per heavy atom. The normalized spacial score (nSPS) is 17.7. The first-order valence-electron chi connectivity index (χ1n) is 7.84. The van der Waals surface area contributed by atoms with Gasteiger partial charge in [-0.1, -0.05) is 25.3 Å². The number of hydrogen-bond donors (Lipinski definition) is 1. The summed E-state index contributed by atoms with van der Waals surface area (Å²) in [6.45, 7) is 0.971. The number of nitrogens with zero attached hydrogens (tertiary/aromatic N) is 1. The summed E-state index contributed by atoms with van der Waals surface area (Å²) in [4.78, 5) is 2.28. The zero-order valence-corrected chi connectivity index (χ0v) is 13.1. The van der Waals surface area contributed by atoms with E-state index < -0.39 is 6.10 Å². The number of aliphatic hydroxyl groups excluding tert-OH is 1. The number of ether oxygens (including phenoxy) is 2. The second kappa shape index (κ2) is 8.25. The molecule has 0 spiro atoms. The third-order valence-corrected chi connectivity index (χ3v) is 4.18. The zero-order chi connectivity index (χ0) is 15.1. The van der Waals surface area contributed by atoms with E-state index in [1.54, 1.807) is 7.11 Å². The molecule has 0 aliphatic heterocycles. The molecule has 21 heavy (non-hydrogen) atoms. The van der Waals surface area contributed by atoms with Gasteiger partial charge in [0.2, 0.25) is 0 Å². The molecule has 1 aromatic carbocycles. The Morgan fingerprint density at radius 2 is 1.95 bits per heavy atom. The summed E-state index contributed by atoms with van der Waals surface area (Å²) < 4.78 is 10.8. The van der Waals surface area contributed by atoms with Crippen LogP contribution in [0.1, 0.15) is 32.1 Å². The van der Waals surface area contributed by atoms with Crippen LogP contribution in [0.4, 0.5) is 0 Å². The number of likely N-dealkylation sites (N-methyl/N-ethyl adjacent to an activating group) is 1. The molecule has 0 heterocycles. The lowest BCUT2D eigenvalue weighted by Crippen LogP contribution is -2.40. The van der Waals surface area contributed by atoms with E-state index in [1.165, 1.54) is 32.1 Å². The molecule has 0 unspecified atom stereocenters. The molecule has 4 nitrogen and oxygen atoms in total. The van der Waals surface area contributed by atoms with Gasteiger partial charge in [0.05, 0.1) is 7.11 Å². The fourth-order valence-corrected chi connectivity index (χ4v) is 2.94.